The topological polar surface area (TPSA) is 46.1 Å². The third kappa shape index (κ3) is 5.49. The van der Waals surface area contributed by atoms with Crippen molar-refractivity contribution in [2.24, 2.45) is 0 Å². The molecular formula is C12H17N3OS. The summed E-state index contributed by atoms with van der Waals surface area (Å²) in [5.41, 5.74) is 0.975. The molecule has 0 aliphatic rings. The molecule has 1 rings (SSSR count). The highest BCUT2D eigenvalue weighted by Crippen LogP contribution is 2.07. The Bertz CT molecular complexity index is 387. The third-order valence-electron chi connectivity index (χ3n) is 1.96. The van der Waals surface area contributed by atoms with E-state index in [1.54, 1.807) is 19.3 Å². The number of aromatic nitrogens is 2. The van der Waals surface area contributed by atoms with Crippen LogP contribution in [0.4, 0.5) is 5.95 Å². The Labute approximate surface area is 106 Å². The minimum Gasteiger partial charge on any atom is -0.347 e. The average Bonchev–Trinajstić information content (AvgIpc) is 2.29. The maximum atomic E-state index is 10.7. The van der Waals surface area contributed by atoms with Crippen molar-refractivity contribution in [3.05, 3.63) is 24.0 Å². The summed E-state index contributed by atoms with van der Waals surface area (Å²) in [4.78, 5) is 21.0. The number of allylic oxidation sites excluding steroid dienone is 1. The molecule has 1 heterocycles. The predicted molar refractivity (Wildman–Crippen MR) is 73.1 cm³/mol. The van der Waals surface area contributed by atoms with Gasteiger partial charge in [0.15, 0.2) is 5.12 Å². The van der Waals surface area contributed by atoms with Crippen LogP contribution in [0.3, 0.4) is 0 Å². The largest absolute Gasteiger partial charge is 0.347 e. The molecule has 0 aliphatic carbocycles. The Morgan fingerprint density at radius 3 is 2.59 bits per heavy atom. The van der Waals surface area contributed by atoms with Crippen molar-refractivity contribution < 1.29 is 4.79 Å². The van der Waals surface area contributed by atoms with Crippen LogP contribution in [0.25, 0.3) is 6.08 Å². The van der Waals surface area contributed by atoms with Crippen LogP contribution in [-0.4, -0.2) is 34.9 Å². The molecule has 0 aromatic carbocycles. The Morgan fingerprint density at radius 1 is 1.41 bits per heavy atom. The molecular weight excluding hydrogens is 234 g/mol. The molecule has 0 radical (unpaired) electrons. The summed E-state index contributed by atoms with van der Waals surface area (Å²) in [5.74, 6) is 1.52. The lowest BCUT2D eigenvalue weighted by Gasteiger charge is -2.08. The van der Waals surface area contributed by atoms with E-state index in [9.17, 15) is 4.79 Å². The second-order valence-electron chi connectivity index (χ2n) is 3.74. The Kier molecular flexibility index (Phi) is 5.69. The molecule has 0 fully saturated rings. The van der Waals surface area contributed by atoms with Crippen LogP contribution in [0.1, 0.15) is 18.9 Å². The zero-order valence-electron chi connectivity index (χ0n) is 10.4. The molecule has 92 valence electrons. The Hall–Kier alpha value is -1.36. The van der Waals surface area contributed by atoms with E-state index in [0.29, 0.717) is 5.95 Å². The lowest BCUT2D eigenvalue weighted by molar-refractivity contribution is -0.109. The van der Waals surface area contributed by atoms with Gasteiger partial charge in [0, 0.05) is 44.7 Å². The zero-order valence-corrected chi connectivity index (χ0v) is 11.2. The first kappa shape index (κ1) is 13.7. The van der Waals surface area contributed by atoms with E-state index in [0.717, 1.165) is 17.7 Å². The highest BCUT2D eigenvalue weighted by atomic mass is 32.2. The van der Waals surface area contributed by atoms with Gasteiger partial charge in [-0.25, -0.2) is 9.97 Å². The van der Waals surface area contributed by atoms with Crippen molar-refractivity contribution in [1.82, 2.24) is 9.97 Å². The lowest BCUT2D eigenvalue weighted by Crippen LogP contribution is -2.12. The molecule has 0 saturated carbocycles. The number of anilines is 1. The first-order chi connectivity index (χ1) is 8.09. The van der Waals surface area contributed by atoms with Gasteiger partial charge in [0.2, 0.25) is 5.95 Å². The minimum atomic E-state index is 0.164. The molecule has 0 atom stereocenters. The quantitative estimate of drug-likeness (QED) is 0.751. The van der Waals surface area contributed by atoms with Crippen LogP contribution in [-0.2, 0) is 4.79 Å². The Morgan fingerprint density at radius 2 is 2.06 bits per heavy atom. The van der Waals surface area contributed by atoms with E-state index in [4.69, 9.17) is 0 Å². The van der Waals surface area contributed by atoms with Gasteiger partial charge in [-0.05, 0) is 6.42 Å². The highest BCUT2D eigenvalue weighted by molar-refractivity contribution is 8.13. The zero-order chi connectivity index (χ0) is 12.7. The van der Waals surface area contributed by atoms with Gasteiger partial charge in [-0.15, -0.1) is 0 Å². The second kappa shape index (κ2) is 7.06. The first-order valence-corrected chi connectivity index (χ1v) is 6.37. The standard InChI is InChI=1S/C12H17N3OS/c1-10(16)17-7-5-4-6-11-8-13-12(14-9-11)15(2)3/h4,6,8-9H,5,7H2,1-3H3. The van der Waals surface area contributed by atoms with Crippen molar-refractivity contribution in [1.29, 1.82) is 0 Å². The van der Waals surface area contributed by atoms with Crippen molar-refractivity contribution in [2.45, 2.75) is 13.3 Å². The highest BCUT2D eigenvalue weighted by Gasteiger charge is 1.96. The monoisotopic (exact) mass is 251 g/mol. The molecule has 0 N–H and O–H groups in total. The number of rotatable bonds is 5. The molecule has 0 saturated heterocycles. The SMILES string of the molecule is CC(=O)SCCC=Cc1cnc(N(C)C)nc1. The van der Waals surface area contributed by atoms with Crippen LogP contribution in [0.15, 0.2) is 18.5 Å². The number of hydrogen-bond acceptors (Lipinski definition) is 5. The Balaban J connectivity index is 2.41. The summed E-state index contributed by atoms with van der Waals surface area (Å²) >= 11 is 1.34. The molecule has 0 bridgehead atoms. The molecule has 5 heteroatoms. The van der Waals surface area contributed by atoms with Gasteiger partial charge in [0.1, 0.15) is 0 Å². The van der Waals surface area contributed by atoms with E-state index in [2.05, 4.69) is 9.97 Å². The van der Waals surface area contributed by atoms with Gasteiger partial charge in [0.05, 0.1) is 0 Å². The summed E-state index contributed by atoms with van der Waals surface area (Å²) in [6.07, 6.45) is 8.46. The van der Waals surface area contributed by atoms with Crippen molar-refractivity contribution >= 4 is 28.9 Å². The number of hydrogen-bond donors (Lipinski definition) is 0. The van der Waals surface area contributed by atoms with E-state index in [1.165, 1.54) is 11.8 Å². The molecule has 0 amide bonds. The fourth-order valence-electron chi connectivity index (χ4n) is 1.14. The van der Waals surface area contributed by atoms with Crippen LogP contribution < -0.4 is 4.90 Å². The normalized spacial score (nSPS) is 10.8. The smallest absolute Gasteiger partial charge is 0.224 e. The number of carbonyl (C=O) groups excluding carboxylic acids is 1. The van der Waals surface area contributed by atoms with E-state index < -0.39 is 0 Å². The maximum Gasteiger partial charge on any atom is 0.224 e. The van der Waals surface area contributed by atoms with E-state index in [-0.39, 0.29) is 5.12 Å². The molecule has 0 unspecified atom stereocenters. The number of nitrogens with zero attached hydrogens (tertiary/aromatic N) is 3. The van der Waals surface area contributed by atoms with Crippen molar-refractivity contribution in [3.8, 4) is 0 Å². The molecule has 1 aromatic heterocycles. The first-order valence-electron chi connectivity index (χ1n) is 5.39. The summed E-state index contributed by atoms with van der Waals surface area (Å²) in [6.45, 7) is 1.59. The summed E-state index contributed by atoms with van der Waals surface area (Å²) in [5, 5.41) is 0.164. The van der Waals surface area contributed by atoms with Crippen LogP contribution >= 0.6 is 11.8 Å². The van der Waals surface area contributed by atoms with E-state index >= 15 is 0 Å². The number of carbonyl (C=O) groups is 1. The van der Waals surface area contributed by atoms with Crippen LogP contribution in [0.5, 0.6) is 0 Å². The molecule has 4 nitrogen and oxygen atoms in total. The van der Waals surface area contributed by atoms with Gasteiger partial charge in [0.25, 0.3) is 0 Å². The molecule has 17 heavy (non-hydrogen) atoms. The van der Waals surface area contributed by atoms with Crippen molar-refractivity contribution in [3.63, 3.8) is 0 Å². The van der Waals surface area contributed by atoms with Gasteiger partial charge in [-0.1, -0.05) is 23.9 Å². The van der Waals surface area contributed by atoms with Gasteiger partial charge in [-0.2, -0.15) is 0 Å². The van der Waals surface area contributed by atoms with Gasteiger partial charge >= 0.3 is 0 Å². The minimum absolute atomic E-state index is 0.164. The summed E-state index contributed by atoms with van der Waals surface area (Å²) in [7, 11) is 3.81. The molecule has 0 spiro atoms. The molecule has 0 aliphatic heterocycles. The maximum absolute atomic E-state index is 10.7. The second-order valence-corrected chi connectivity index (χ2v) is 5.01. The fourth-order valence-corrected chi connectivity index (χ4v) is 1.68. The average molecular weight is 251 g/mol. The van der Waals surface area contributed by atoms with Crippen LogP contribution in [0.2, 0.25) is 0 Å². The van der Waals surface area contributed by atoms with Crippen molar-refractivity contribution in [2.75, 3.05) is 24.7 Å². The third-order valence-corrected chi connectivity index (χ3v) is 2.80. The van der Waals surface area contributed by atoms with Crippen LogP contribution in [0, 0.1) is 0 Å². The summed E-state index contributed by atoms with van der Waals surface area (Å²) < 4.78 is 0. The fraction of sp³-hybridized carbons (Fsp3) is 0.417. The number of thioether (sulfide) groups is 1. The predicted octanol–water partition coefficient (Wildman–Crippen LogP) is 2.23. The lowest BCUT2D eigenvalue weighted by atomic mass is 10.3. The van der Waals surface area contributed by atoms with Gasteiger partial charge < -0.3 is 4.90 Å². The van der Waals surface area contributed by atoms with Gasteiger partial charge in [-0.3, -0.25) is 4.79 Å². The summed E-state index contributed by atoms with van der Waals surface area (Å²) in [6, 6.07) is 0. The molecule has 1 aromatic rings. The van der Waals surface area contributed by atoms with E-state index in [1.807, 2.05) is 31.1 Å².